The Morgan fingerprint density at radius 1 is 1.48 bits per heavy atom. The van der Waals surface area contributed by atoms with Crippen LogP contribution in [-0.2, 0) is 17.9 Å². The van der Waals surface area contributed by atoms with Crippen molar-refractivity contribution in [3.05, 3.63) is 38.9 Å². The summed E-state index contributed by atoms with van der Waals surface area (Å²) in [6.45, 7) is 6.46. The van der Waals surface area contributed by atoms with Crippen molar-refractivity contribution in [1.82, 2.24) is 24.9 Å². The van der Waals surface area contributed by atoms with Crippen molar-refractivity contribution in [2.75, 3.05) is 6.54 Å². The van der Waals surface area contributed by atoms with E-state index in [-0.39, 0.29) is 17.5 Å². The van der Waals surface area contributed by atoms with Crippen LogP contribution >= 0.6 is 11.6 Å². The first-order chi connectivity index (χ1) is 11.8. The number of hydrogen-bond donors (Lipinski definition) is 1. The normalized spacial score (nSPS) is 12.2. The van der Waals surface area contributed by atoms with Gasteiger partial charge in [0.05, 0.1) is 28.6 Å². The summed E-state index contributed by atoms with van der Waals surface area (Å²) in [6.07, 6.45) is 4.01. The Balaban J connectivity index is 1.82. The number of carbonyl (C=O) groups excluding carboxylic acids is 1. The third-order valence-electron chi connectivity index (χ3n) is 3.89. The maximum atomic E-state index is 12.2. The fraction of sp³-hybridized carbons (Fsp3) is 0.533. The van der Waals surface area contributed by atoms with Crippen LogP contribution in [0.15, 0.2) is 12.4 Å². The number of rotatable bonds is 8. The Bertz CT molecular complexity index is 769. The van der Waals surface area contributed by atoms with E-state index < -0.39 is 4.92 Å². The predicted molar refractivity (Wildman–Crippen MR) is 92.4 cm³/mol. The number of amides is 1. The maximum absolute atomic E-state index is 12.2. The molecule has 1 unspecified atom stereocenters. The van der Waals surface area contributed by atoms with Crippen LogP contribution in [0.4, 0.5) is 5.69 Å². The average molecular weight is 369 g/mol. The summed E-state index contributed by atoms with van der Waals surface area (Å²) in [5.41, 5.74) is 0.816. The monoisotopic (exact) mass is 368 g/mol. The van der Waals surface area contributed by atoms with Crippen LogP contribution in [0, 0.1) is 29.9 Å². The molecule has 0 fully saturated rings. The molecule has 0 aromatic carbocycles. The number of nitro groups is 1. The topological polar surface area (TPSA) is 108 Å². The van der Waals surface area contributed by atoms with Gasteiger partial charge in [-0.25, -0.2) is 0 Å². The molecular weight excluding hydrogens is 348 g/mol. The molecule has 0 saturated heterocycles. The second-order valence-corrected chi connectivity index (χ2v) is 6.36. The summed E-state index contributed by atoms with van der Waals surface area (Å²) >= 11 is 5.78. The van der Waals surface area contributed by atoms with Gasteiger partial charge in [0, 0.05) is 19.3 Å². The van der Waals surface area contributed by atoms with Gasteiger partial charge in [0.2, 0.25) is 5.91 Å². The minimum Gasteiger partial charge on any atom is -0.356 e. The van der Waals surface area contributed by atoms with Gasteiger partial charge in [0.1, 0.15) is 11.4 Å². The number of aryl methyl sites for hydroxylation is 2. The molecular formula is C15H21ClN6O3. The Kier molecular flexibility index (Phi) is 6.13. The third kappa shape index (κ3) is 4.79. The summed E-state index contributed by atoms with van der Waals surface area (Å²) in [7, 11) is 0. The number of nitrogens with one attached hydrogen (secondary N) is 1. The molecule has 0 aliphatic carbocycles. The Morgan fingerprint density at radius 2 is 2.20 bits per heavy atom. The van der Waals surface area contributed by atoms with Gasteiger partial charge in [0.15, 0.2) is 0 Å². The van der Waals surface area contributed by atoms with E-state index in [0.717, 1.165) is 6.42 Å². The van der Waals surface area contributed by atoms with E-state index in [1.54, 1.807) is 37.8 Å². The molecule has 0 aliphatic rings. The van der Waals surface area contributed by atoms with Crippen LogP contribution in [0.25, 0.3) is 0 Å². The fourth-order valence-corrected chi connectivity index (χ4v) is 2.72. The first-order valence-electron chi connectivity index (χ1n) is 7.93. The second-order valence-electron chi connectivity index (χ2n) is 5.93. The van der Waals surface area contributed by atoms with Crippen LogP contribution in [0.3, 0.4) is 0 Å². The highest BCUT2D eigenvalue weighted by Gasteiger charge is 2.23. The van der Waals surface area contributed by atoms with Crippen molar-refractivity contribution in [1.29, 1.82) is 0 Å². The van der Waals surface area contributed by atoms with Crippen molar-refractivity contribution in [3.63, 3.8) is 0 Å². The SMILES string of the molecule is Cc1nn(CC(C)C(=O)NCCCn2cc(Cl)cn2)c(C)c1[N+](=O)[O-]. The van der Waals surface area contributed by atoms with Gasteiger partial charge in [-0.1, -0.05) is 18.5 Å². The van der Waals surface area contributed by atoms with Gasteiger partial charge < -0.3 is 5.32 Å². The van der Waals surface area contributed by atoms with Gasteiger partial charge in [0.25, 0.3) is 0 Å². The number of hydrogen-bond acceptors (Lipinski definition) is 5. The molecule has 1 N–H and O–H groups in total. The van der Waals surface area contributed by atoms with Crippen molar-refractivity contribution < 1.29 is 9.72 Å². The molecule has 2 rings (SSSR count). The number of nitrogens with zero attached hydrogens (tertiary/aromatic N) is 5. The van der Waals surface area contributed by atoms with Crippen LogP contribution < -0.4 is 5.32 Å². The Hall–Kier alpha value is -2.42. The zero-order valence-electron chi connectivity index (χ0n) is 14.4. The molecule has 0 aliphatic heterocycles. The van der Waals surface area contributed by atoms with Crippen LogP contribution in [0.1, 0.15) is 24.7 Å². The predicted octanol–water partition coefficient (Wildman–Crippen LogP) is 2.10. The standard InChI is InChI=1S/C15H21ClN6O3/c1-10(8-21-12(3)14(22(24)25)11(2)19-21)15(23)17-5-4-6-20-9-13(16)7-18-20/h7,9-10H,4-6,8H2,1-3H3,(H,17,23). The van der Waals surface area contributed by atoms with Gasteiger partial charge in [-0.3, -0.25) is 24.3 Å². The molecule has 10 heteroatoms. The highest BCUT2D eigenvalue weighted by molar-refractivity contribution is 6.30. The molecule has 1 amide bonds. The third-order valence-corrected chi connectivity index (χ3v) is 4.08. The van der Waals surface area contributed by atoms with Crippen molar-refractivity contribution in [3.8, 4) is 0 Å². The van der Waals surface area contributed by atoms with Crippen LogP contribution in [-0.4, -0.2) is 36.9 Å². The van der Waals surface area contributed by atoms with E-state index in [2.05, 4.69) is 15.5 Å². The molecule has 0 spiro atoms. The van der Waals surface area contributed by atoms with E-state index in [9.17, 15) is 14.9 Å². The molecule has 25 heavy (non-hydrogen) atoms. The van der Waals surface area contributed by atoms with Gasteiger partial charge in [-0.2, -0.15) is 10.2 Å². The quantitative estimate of drug-likeness (QED) is 0.436. The summed E-state index contributed by atoms with van der Waals surface area (Å²) in [4.78, 5) is 22.8. The Labute approximate surface area is 150 Å². The van der Waals surface area contributed by atoms with E-state index in [1.807, 2.05) is 0 Å². The smallest absolute Gasteiger partial charge is 0.312 e. The first-order valence-corrected chi connectivity index (χ1v) is 8.31. The Morgan fingerprint density at radius 3 is 2.76 bits per heavy atom. The molecule has 2 heterocycles. The molecule has 0 bridgehead atoms. The summed E-state index contributed by atoms with van der Waals surface area (Å²) in [6, 6.07) is 0. The minimum atomic E-state index is -0.444. The van der Waals surface area contributed by atoms with Gasteiger partial charge in [-0.15, -0.1) is 0 Å². The number of aromatic nitrogens is 4. The molecule has 0 saturated carbocycles. The summed E-state index contributed by atoms with van der Waals surface area (Å²) < 4.78 is 3.23. The molecule has 1 atom stereocenters. The highest BCUT2D eigenvalue weighted by atomic mass is 35.5. The zero-order chi connectivity index (χ0) is 18.6. The summed E-state index contributed by atoms with van der Waals surface area (Å²) in [5, 5.41) is 22.7. The van der Waals surface area contributed by atoms with E-state index >= 15 is 0 Å². The average Bonchev–Trinajstić information content (AvgIpc) is 3.06. The number of halogens is 1. The lowest BCUT2D eigenvalue weighted by molar-refractivity contribution is -0.386. The molecule has 136 valence electrons. The molecule has 0 radical (unpaired) electrons. The zero-order valence-corrected chi connectivity index (χ0v) is 15.2. The van der Waals surface area contributed by atoms with Crippen molar-refractivity contribution in [2.45, 2.75) is 40.3 Å². The lowest BCUT2D eigenvalue weighted by atomic mass is 10.1. The lowest BCUT2D eigenvalue weighted by Crippen LogP contribution is -2.33. The minimum absolute atomic E-state index is 0.00508. The second kappa shape index (κ2) is 8.11. The fourth-order valence-electron chi connectivity index (χ4n) is 2.56. The van der Waals surface area contributed by atoms with Gasteiger partial charge >= 0.3 is 5.69 Å². The van der Waals surface area contributed by atoms with Crippen LogP contribution in [0.5, 0.6) is 0 Å². The first kappa shape index (κ1) is 18.9. The van der Waals surface area contributed by atoms with Crippen molar-refractivity contribution in [2.24, 2.45) is 5.92 Å². The molecule has 2 aromatic heterocycles. The van der Waals surface area contributed by atoms with E-state index in [4.69, 9.17) is 11.6 Å². The lowest BCUT2D eigenvalue weighted by Gasteiger charge is -2.13. The highest BCUT2D eigenvalue weighted by Crippen LogP contribution is 2.22. The molecule has 2 aromatic rings. The molecule has 9 nitrogen and oxygen atoms in total. The maximum Gasteiger partial charge on any atom is 0.312 e. The van der Waals surface area contributed by atoms with Gasteiger partial charge in [-0.05, 0) is 20.3 Å². The van der Waals surface area contributed by atoms with Crippen LogP contribution in [0.2, 0.25) is 5.02 Å². The van der Waals surface area contributed by atoms with E-state index in [0.29, 0.717) is 36.0 Å². The summed E-state index contributed by atoms with van der Waals surface area (Å²) in [5.74, 6) is -0.467. The largest absolute Gasteiger partial charge is 0.356 e. The number of carbonyl (C=O) groups is 1. The van der Waals surface area contributed by atoms with Crippen molar-refractivity contribution >= 4 is 23.2 Å². The van der Waals surface area contributed by atoms with E-state index in [1.165, 1.54) is 4.68 Å².